The summed E-state index contributed by atoms with van der Waals surface area (Å²) in [7, 11) is 1.63. The van der Waals surface area contributed by atoms with E-state index >= 15 is 0 Å². The average molecular weight is 303 g/mol. The highest BCUT2D eigenvalue weighted by atomic mass is 35.5. The monoisotopic (exact) mass is 302 g/mol. The summed E-state index contributed by atoms with van der Waals surface area (Å²) in [5.41, 5.74) is -0.530. The smallest absolute Gasteiger partial charge is 0.329 e. The molecule has 6 heteroatoms. The topological polar surface area (TPSA) is 64.1 Å². The van der Waals surface area contributed by atoms with Crippen LogP contribution in [-0.4, -0.2) is 23.3 Å². The van der Waals surface area contributed by atoms with Crippen molar-refractivity contribution in [2.45, 2.75) is 46.6 Å². The molecular formula is C14H23ClN2O3. The van der Waals surface area contributed by atoms with Crippen molar-refractivity contribution in [2.24, 2.45) is 5.41 Å². The third-order valence-electron chi connectivity index (χ3n) is 3.32. The Morgan fingerprint density at radius 2 is 1.95 bits per heavy atom. The molecule has 1 N–H and O–H groups in total. The van der Waals surface area contributed by atoms with Gasteiger partial charge in [0.25, 0.3) is 5.56 Å². The van der Waals surface area contributed by atoms with Crippen LogP contribution in [0, 0.1) is 5.41 Å². The van der Waals surface area contributed by atoms with Crippen LogP contribution in [0.15, 0.2) is 9.59 Å². The first-order valence-corrected chi connectivity index (χ1v) is 7.09. The molecule has 0 spiro atoms. The van der Waals surface area contributed by atoms with Gasteiger partial charge in [0.05, 0.1) is 5.56 Å². The Balaban J connectivity index is 3.23. The second-order valence-corrected chi connectivity index (χ2v) is 6.49. The predicted octanol–water partition coefficient (Wildman–Crippen LogP) is 2.38. The molecule has 0 aliphatic carbocycles. The number of methoxy groups -OCH3 is 1. The predicted molar refractivity (Wildman–Crippen MR) is 80.7 cm³/mol. The Hall–Kier alpha value is -1.07. The second kappa shape index (κ2) is 6.59. The zero-order chi connectivity index (χ0) is 15.5. The molecule has 20 heavy (non-hydrogen) atoms. The molecule has 0 aliphatic heterocycles. The molecule has 0 unspecified atom stereocenters. The first-order chi connectivity index (χ1) is 9.19. The van der Waals surface area contributed by atoms with Crippen LogP contribution in [0.2, 0.25) is 5.15 Å². The molecule has 0 atom stereocenters. The number of aromatic amines is 1. The Kier molecular flexibility index (Phi) is 5.59. The van der Waals surface area contributed by atoms with E-state index in [9.17, 15) is 9.59 Å². The first kappa shape index (κ1) is 17.0. The highest BCUT2D eigenvalue weighted by Gasteiger charge is 2.23. The first-order valence-electron chi connectivity index (χ1n) is 6.71. The quantitative estimate of drug-likeness (QED) is 0.821. The minimum absolute atomic E-state index is 0.0415. The maximum atomic E-state index is 12.4. The van der Waals surface area contributed by atoms with Crippen molar-refractivity contribution < 1.29 is 4.74 Å². The average Bonchev–Trinajstić information content (AvgIpc) is 2.31. The van der Waals surface area contributed by atoms with E-state index < -0.39 is 5.69 Å². The molecule has 0 fully saturated rings. The normalized spacial score (nSPS) is 12.2. The Morgan fingerprint density at radius 1 is 1.35 bits per heavy atom. The maximum absolute atomic E-state index is 12.4. The summed E-state index contributed by atoms with van der Waals surface area (Å²) < 4.78 is 6.30. The number of hydrogen-bond acceptors (Lipinski definition) is 3. The third kappa shape index (κ3) is 3.96. The van der Waals surface area contributed by atoms with Crippen molar-refractivity contribution in [3.8, 4) is 0 Å². The largest absolute Gasteiger partial charge is 0.385 e. The van der Waals surface area contributed by atoms with Crippen LogP contribution in [0.3, 0.4) is 0 Å². The SMILES string of the molecule is COCCC(C)(C)Cn1c(=O)[nH]c(Cl)c(C(C)C)c1=O. The van der Waals surface area contributed by atoms with Gasteiger partial charge in [-0.1, -0.05) is 39.3 Å². The summed E-state index contributed by atoms with van der Waals surface area (Å²) in [4.78, 5) is 27.0. The van der Waals surface area contributed by atoms with E-state index in [1.54, 1.807) is 7.11 Å². The van der Waals surface area contributed by atoms with Crippen LogP contribution in [0.4, 0.5) is 0 Å². The van der Waals surface area contributed by atoms with Gasteiger partial charge in [-0.2, -0.15) is 0 Å². The zero-order valence-electron chi connectivity index (χ0n) is 12.7. The molecule has 1 aromatic heterocycles. The van der Waals surface area contributed by atoms with Gasteiger partial charge in [0.1, 0.15) is 5.15 Å². The van der Waals surface area contributed by atoms with E-state index in [1.807, 2.05) is 27.7 Å². The van der Waals surface area contributed by atoms with E-state index in [4.69, 9.17) is 16.3 Å². The molecule has 1 aromatic rings. The lowest BCUT2D eigenvalue weighted by atomic mass is 9.89. The molecular weight excluding hydrogens is 280 g/mol. The van der Waals surface area contributed by atoms with E-state index in [-0.39, 0.29) is 22.0 Å². The van der Waals surface area contributed by atoms with E-state index in [1.165, 1.54) is 4.57 Å². The minimum Gasteiger partial charge on any atom is -0.385 e. The number of H-pyrrole nitrogens is 1. The molecule has 5 nitrogen and oxygen atoms in total. The lowest BCUT2D eigenvalue weighted by Gasteiger charge is -2.25. The summed E-state index contributed by atoms with van der Waals surface area (Å²) in [6.07, 6.45) is 0.759. The summed E-state index contributed by atoms with van der Waals surface area (Å²) in [6, 6.07) is 0. The summed E-state index contributed by atoms with van der Waals surface area (Å²) in [5.74, 6) is -0.0415. The molecule has 1 heterocycles. The summed E-state index contributed by atoms with van der Waals surface area (Å²) >= 11 is 5.97. The number of halogens is 1. The van der Waals surface area contributed by atoms with Gasteiger partial charge in [-0.25, -0.2) is 4.79 Å². The molecule has 0 saturated carbocycles. The second-order valence-electron chi connectivity index (χ2n) is 6.11. The van der Waals surface area contributed by atoms with Gasteiger partial charge < -0.3 is 4.74 Å². The van der Waals surface area contributed by atoms with Crippen molar-refractivity contribution in [3.05, 3.63) is 31.6 Å². The lowest BCUT2D eigenvalue weighted by molar-refractivity contribution is 0.141. The van der Waals surface area contributed by atoms with Crippen molar-refractivity contribution >= 4 is 11.6 Å². The van der Waals surface area contributed by atoms with Crippen LogP contribution in [0.5, 0.6) is 0 Å². The van der Waals surface area contributed by atoms with Gasteiger partial charge in [-0.3, -0.25) is 14.3 Å². The number of ether oxygens (including phenoxy) is 1. The fraction of sp³-hybridized carbons (Fsp3) is 0.714. The van der Waals surface area contributed by atoms with Gasteiger partial charge in [-0.15, -0.1) is 0 Å². The van der Waals surface area contributed by atoms with E-state index in [0.717, 1.165) is 6.42 Å². The number of rotatable bonds is 6. The number of aromatic nitrogens is 2. The molecule has 1 rings (SSSR count). The molecule has 0 aliphatic rings. The van der Waals surface area contributed by atoms with Crippen molar-refractivity contribution in [1.29, 1.82) is 0 Å². The van der Waals surface area contributed by atoms with Crippen molar-refractivity contribution in [2.75, 3.05) is 13.7 Å². The van der Waals surface area contributed by atoms with Crippen LogP contribution >= 0.6 is 11.6 Å². The minimum atomic E-state index is -0.463. The number of hydrogen-bond donors (Lipinski definition) is 1. The van der Waals surface area contributed by atoms with Crippen molar-refractivity contribution in [1.82, 2.24) is 9.55 Å². The van der Waals surface area contributed by atoms with E-state index in [0.29, 0.717) is 18.7 Å². The van der Waals surface area contributed by atoms with Crippen LogP contribution in [0.25, 0.3) is 0 Å². The third-order valence-corrected chi connectivity index (χ3v) is 3.62. The van der Waals surface area contributed by atoms with Gasteiger partial charge in [0.2, 0.25) is 0 Å². The maximum Gasteiger partial charge on any atom is 0.329 e. The van der Waals surface area contributed by atoms with Gasteiger partial charge in [-0.05, 0) is 17.8 Å². The number of nitrogens with one attached hydrogen (secondary N) is 1. The molecule has 0 amide bonds. The highest BCUT2D eigenvalue weighted by Crippen LogP contribution is 2.22. The summed E-state index contributed by atoms with van der Waals surface area (Å²) in [5, 5.41) is 0.140. The fourth-order valence-electron chi connectivity index (χ4n) is 2.09. The van der Waals surface area contributed by atoms with Crippen LogP contribution in [-0.2, 0) is 11.3 Å². The fourth-order valence-corrected chi connectivity index (χ4v) is 2.47. The van der Waals surface area contributed by atoms with Crippen molar-refractivity contribution in [3.63, 3.8) is 0 Å². The standard InChI is InChI=1S/C14H23ClN2O3/c1-9(2)10-11(15)16-13(19)17(12(10)18)8-14(3,4)6-7-20-5/h9H,6-8H2,1-5H3,(H,16,19). The van der Waals surface area contributed by atoms with Crippen LogP contribution in [0.1, 0.15) is 45.6 Å². The van der Waals surface area contributed by atoms with Gasteiger partial charge >= 0.3 is 5.69 Å². The Labute approximate surface area is 123 Å². The lowest BCUT2D eigenvalue weighted by Crippen LogP contribution is -2.41. The molecule has 0 aromatic carbocycles. The van der Waals surface area contributed by atoms with Gasteiger partial charge in [0, 0.05) is 20.3 Å². The highest BCUT2D eigenvalue weighted by molar-refractivity contribution is 6.30. The molecule has 0 bridgehead atoms. The zero-order valence-corrected chi connectivity index (χ0v) is 13.5. The molecule has 0 radical (unpaired) electrons. The van der Waals surface area contributed by atoms with Crippen LogP contribution < -0.4 is 11.2 Å². The van der Waals surface area contributed by atoms with Gasteiger partial charge in [0.15, 0.2) is 0 Å². The Bertz CT molecular complexity index is 573. The number of nitrogens with zero attached hydrogens (tertiary/aromatic N) is 1. The molecule has 114 valence electrons. The Morgan fingerprint density at radius 3 is 2.45 bits per heavy atom. The summed E-state index contributed by atoms with van der Waals surface area (Å²) in [6.45, 7) is 8.68. The molecule has 0 saturated heterocycles. The van der Waals surface area contributed by atoms with E-state index in [2.05, 4.69) is 4.98 Å².